The van der Waals surface area contributed by atoms with Crippen molar-refractivity contribution in [2.45, 2.75) is 213 Å². The molecule has 0 heterocycles. The van der Waals surface area contributed by atoms with Gasteiger partial charge < -0.3 is 0 Å². The Bertz CT molecular complexity index is 390. The molecule has 0 aromatic rings. The van der Waals surface area contributed by atoms with E-state index < -0.39 is 0 Å². The Morgan fingerprint density at radius 2 is 0.528 bits per heavy atom. The van der Waals surface area contributed by atoms with E-state index >= 15 is 0 Å². The zero-order valence-electron chi connectivity index (χ0n) is 25.4. The minimum Gasteiger partial charge on any atom is -0.291 e. The predicted octanol–water partition coefficient (Wildman–Crippen LogP) is 12.8. The molecule has 1 heteroatoms. The maximum atomic E-state index is 11.3. The summed E-state index contributed by atoms with van der Waals surface area (Å²) in [5, 5.41) is 0. The fourth-order valence-corrected chi connectivity index (χ4v) is 5.61. The Morgan fingerprint density at radius 3 is 0.722 bits per heavy atom. The van der Waals surface area contributed by atoms with Gasteiger partial charge in [-0.3, -0.25) is 4.79 Å². The van der Waals surface area contributed by atoms with Crippen LogP contribution in [0.2, 0.25) is 0 Å². The first-order valence-corrected chi connectivity index (χ1v) is 17.2. The van der Waals surface area contributed by atoms with Gasteiger partial charge in [0.25, 0.3) is 0 Å². The van der Waals surface area contributed by atoms with Gasteiger partial charge in [-0.25, -0.2) is 0 Å². The van der Waals surface area contributed by atoms with Gasteiger partial charge >= 0.3 is 0 Å². The minimum absolute atomic E-state index is 0.212. The van der Waals surface area contributed by atoms with Crippen molar-refractivity contribution in [1.82, 2.24) is 0 Å². The Balaban J connectivity index is 3.26. The quantitative estimate of drug-likeness (QED) is 0.0830. The van der Waals surface area contributed by atoms with Crippen molar-refractivity contribution in [2.75, 3.05) is 0 Å². The molecule has 1 radical (unpaired) electrons. The van der Waals surface area contributed by atoms with Crippen molar-refractivity contribution < 1.29 is 4.79 Å². The van der Waals surface area contributed by atoms with E-state index in [-0.39, 0.29) is 5.92 Å². The molecular formula is C35H69O. The first-order chi connectivity index (χ1) is 17.8. The molecule has 36 heavy (non-hydrogen) atoms. The van der Waals surface area contributed by atoms with E-state index in [9.17, 15) is 4.79 Å². The summed E-state index contributed by atoms with van der Waals surface area (Å²) in [5.74, 6) is 0.212. The third-order valence-electron chi connectivity index (χ3n) is 8.23. The van der Waals surface area contributed by atoms with Crippen LogP contribution in [-0.2, 0) is 4.79 Å². The Kier molecular flexibility index (Phi) is 32.4. The largest absolute Gasteiger partial charge is 0.291 e. The number of hydrogen-bond acceptors (Lipinski definition) is 1. The van der Waals surface area contributed by atoms with Gasteiger partial charge in [-0.05, 0) is 12.8 Å². The molecule has 0 aromatic carbocycles. The molecule has 1 atom stereocenters. The molecule has 0 aromatic heterocycles. The molecule has 0 saturated carbocycles. The number of hydrogen-bond donors (Lipinski definition) is 0. The molecule has 0 N–H and O–H groups in total. The third-order valence-corrected chi connectivity index (χ3v) is 8.23. The van der Waals surface area contributed by atoms with Crippen molar-refractivity contribution in [2.24, 2.45) is 5.92 Å². The number of unbranched alkanes of at least 4 members (excludes halogenated alkanes) is 27. The highest BCUT2D eigenvalue weighted by atomic mass is 16.1. The van der Waals surface area contributed by atoms with Crippen molar-refractivity contribution in [3.8, 4) is 0 Å². The van der Waals surface area contributed by atoms with Crippen LogP contribution < -0.4 is 0 Å². The van der Waals surface area contributed by atoms with E-state index in [2.05, 4.69) is 20.1 Å². The van der Waals surface area contributed by atoms with Gasteiger partial charge in [-0.15, -0.1) is 0 Å². The van der Waals surface area contributed by atoms with Crippen LogP contribution in [0.5, 0.6) is 0 Å². The summed E-state index contributed by atoms with van der Waals surface area (Å²) >= 11 is 0. The van der Waals surface area contributed by atoms with E-state index in [1.807, 2.05) is 0 Å². The highest BCUT2D eigenvalue weighted by Crippen LogP contribution is 2.19. The van der Waals surface area contributed by atoms with Crippen molar-refractivity contribution in [3.05, 3.63) is 0 Å². The molecular weight excluding hydrogens is 436 g/mol. The highest BCUT2D eigenvalue weighted by molar-refractivity contribution is 5.54. The Morgan fingerprint density at radius 1 is 0.333 bits per heavy atom. The van der Waals surface area contributed by atoms with E-state index in [1.165, 1.54) is 186 Å². The molecule has 0 fully saturated rings. The molecule has 0 aliphatic carbocycles. The smallest absolute Gasteiger partial charge is 0.201 e. The molecule has 0 aliphatic rings. The van der Waals surface area contributed by atoms with Crippen molar-refractivity contribution in [1.29, 1.82) is 0 Å². The second-order valence-corrected chi connectivity index (χ2v) is 11.9. The van der Waals surface area contributed by atoms with Gasteiger partial charge in [-0.1, -0.05) is 200 Å². The zero-order chi connectivity index (χ0) is 26.2. The van der Waals surface area contributed by atoms with Crippen LogP contribution >= 0.6 is 0 Å². The van der Waals surface area contributed by atoms with E-state index in [0.29, 0.717) is 0 Å². The average molecular weight is 506 g/mol. The van der Waals surface area contributed by atoms with E-state index in [0.717, 1.165) is 12.8 Å². The lowest BCUT2D eigenvalue weighted by Crippen LogP contribution is -2.02. The van der Waals surface area contributed by atoms with Crippen LogP contribution in [0.1, 0.15) is 213 Å². The number of carbonyl (C=O) groups excluding carboxylic acids is 1. The third kappa shape index (κ3) is 29.9. The second kappa shape index (κ2) is 32.7. The Hall–Kier alpha value is -0.330. The molecule has 215 valence electrons. The SMILES string of the molecule is CCCCCCCCCCCCCCCCCC([C]=O)CCCCCCCCCCCCCCCC. The van der Waals surface area contributed by atoms with E-state index in [1.54, 1.807) is 0 Å². The summed E-state index contributed by atoms with van der Waals surface area (Å²) < 4.78 is 0. The summed E-state index contributed by atoms with van der Waals surface area (Å²) in [6, 6.07) is 0. The topological polar surface area (TPSA) is 17.1 Å². The first-order valence-electron chi connectivity index (χ1n) is 17.2. The van der Waals surface area contributed by atoms with Crippen LogP contribution in [0, 0.1) is 5.92 Å². The standard InChI is InChI=1S/C35H69O/c1-3-5-7-9-11-13-15-17-19-21-23-25-27-29-31-33-35(34-36)32-30-28-26-24-22-20-18-16-14-12-10-8-6-4-2/h35H,3-33H2,1-2H3. The lowest BCUT2D eigenvalue weighted by molar-refractivity contribution is 0.448. The van der Waals surface area contributed by atoms with Crippen LogP contribution in [-0.4, -0.2) is 6.29 Å². The molecule has 0 rings (SSSR count). The maximum Gasteiger partial charge on any atom is 0.201 e. The maximum absolute atomic E-state index is 11.3. The molecule has 0 bridgehead atoms. The van der Waals surface area contributed by atoms with Crippen LogP contribution in [0.15, 0.2) is 0 Å². The Labute approximate surface area is 229 Å². The van der Waals surface area contributed by atoms with Crippen molar-refractivity contribution >= 4 is 6.29 Å². The van der Waals surface area contributed by atoms with Gasteiger partial charge in [0.15, 0.2) is 0 Å². The van der Waals surface area contributed by atoms with Gasteiger partial charge in [0.1, 0.15) is 0 Å². The van der Waals surface area contributed by atoms with Crippen LogP contribution in [0.4, 0.5) is 0 Å². The monoisotopic (exact) mass is 506 g/mol. The van der Waals surface area contributed by atoms with Gasteiger partial charge in [0.05, 0.1) is 0 Å². The van der Waals surface area contributed by atoms with Gasteiger partial charge in [-0.2, -0.15) is 0 Å². The number of rotatable bonds is 32. The second-order valence-electron chi connectivity index (χ2n) is 11.9. The van der Waals surface area contributed by atoms with Crippen LogP contribution in [0.3, 0.4) is 0 Å². The molecule has 0 amide bonds. The molecule has 0 saturated heterocycles. The average Bonchev–Trinajstić information content (AvgIpc) is 2.89. The normalized spacial score (nSPS) is 12.3. The lowest BCUT2D eigenvalue weighted by atomic mass is 9.95. The zero-order valence-corrected chi connectivity index (χ0v) is 25.4. The lowest BCUT2D eigenvalue weighted by Gasteiger charge is -2.09. The summed E-state index contributed by atoms with van der Waals surface area (Å²) in [5.41, 5.74) is 0. The molecule has 0 aliphatic heterocycles. The fraction of sp³-hybridized carbons (Fsp3) is 0.971. The van der Waals surface area contributed by atoms with Crippen LogP contribution in [0.25, 0.3) is 0 Å². The molecule has 1 unspecified atom stereocenters. The molecule has 0 spiro atoms. The minimum atomic E-state index is 0.212. The molecule has 1 nitrogen and oxygen atoms in total. The first kappa shape index (κ1) is 35.7. The summed E-state index contributed by atoms with van der Waals surface area (Å²) in [6.45, 7) is 4.59. The summed E-state index contributed by atoms with van der Waals surface area (Å²) in [6.07, 6.45) is 45.2. The van der Waals surface area contributed by atoms with Gasteiger partial charge in [0.2, 0.25) is 6.29 Å². The highest BCUT2D eigenvalue weighted by Gasteiger charge is 2.08. The van der Waals surface area contributed by atoms with Crippen molar-refractivity contribution in [3.63, 3.8) is 0 Å². The summed E-state index contributed by atoms with van der Waals surface area (Å²) in [4.78, 5) is 11.3. The van der Waals surface area contributed by atoms with Gasteiger partial charge in [0, 0.05) is 5.92 Å². The van der Waals surface area contributed by atoms with E-state index in [4.69, 9.17) is 0 Å². The predicted molar refractivity (Wildman–Crippen MR) is 164 cm³/mol. The fourth-order valence-electron chi connectivity index (χ4n) is 5.61. The summed E-state index contributed by atoms with van der Waals surface area (Å²) in [7, 11) is 0.